The summed E-state index contributed by atoms with van der Waals surface area (Å²) in [6, 6.07) is 0.0847. The Labute approximate surface area is 114 Å². The molecule has 0 radical (unpaired) electrons. The lowest BCUT2D eigenvalue weighted by molar-refractivity contribution is -0.156. The molecular weight excluding hydrogens is 246 g/mol. The van der Waals surface area contributed by atoms with E-state index in [0.29, 0.717) is 32.6 Å². The molecule has 1 N–H and O–H groups in total. The quantitative estimate of drug-likeness (QED) is 0.801. The number of hydrogen-bond donors (Lipinski definition) is 1. The average Bonchev–Trinajstić information content (AvgIpc) is 2.44. The molecule has 1 atom stereocenters. The van der Waals surface area contributed by atoms with Gasteiger partial charge in [-0.15, -0.1) is 0 Å². The number of rotatable bonds is 6. The van der Waals surface area contributed by atoms with Crippen molar-refractivity contribution >= 4 is 11.9 Å². The summed E-state index contributed by atoms with van der Waals surface area (Å²) in [7, 11) is 0. The Balaban J connectivity index is 2.78. The molecule has 19 heavy (non-hydrogen) atoms. The molecule has 0 aromatic carbocycles. The molecule has 0 bridgehead atoms. The van der Waals surface area contributed by atoms with Gasteiger partial charge >= 0.3 is 5.97 Å². The number of ether oxygens (including phenoxy) is 1. The molecule has 0 aromatic heterocycles. The molecule has 1 heterocycles. The second-order valence-corrected chi connectivity index (χ2v) is 5.19. The third kappa shape index (κ3) is 3.47. The number of amides is 1. The van der Waals surface area contributed by atoms with Gasteiger partial charge < -0.3 is 14.7 Å². The van der Waals surface area contributed by atoms with Crippen molar-refractivity contribution in [2.24, 2.45) is 5.41 Å². The number of carbonyl (C=O) groups excluding carboxylic acids is 1. The van der Waals surface area contributed by atoms with Crippen LogP contribution in [-0.4, -0.2) is 47.7 Å². The highest BCUT2D eigenvalue weighted by atomic mass is 16.5. The molecule has 0 aromatic rings. The summed E-state index contributed by atoms with van der Waals surface area (Å²) in [5.74, 6) is -0.923. The summed E-state index contributed by atoms with van der Waals surface area (Å²) in [5.41, 5.74) is -0.923. The second kappa shape index (κ2) is 6.89. The van der Waals surface area contributed by atoms with E-state index in [1.54, 1.807) is 4.90 Å². The normalized spacial score (nSPS) is 20.4. The van der Waals surface area contributed by atoms with Crippen LogP contribution in [0.1, 0.15) is 46.5 Å². The molecule has 0 saturated carbocycles. The third-order valence-corrected chi connectivity index (χ3v) is 4.32. The van der Waals surface area contributed by atoms with E-state index in [4.69, 9.17) is 4.74 Å². The Morgan fingerprint density at radius 1 is 1.32 bits per heavy atom. The summed E-state index contributed by atoms with van der Waals surface area (Å²) in [4.78, 5) is 25.7. The largest absolute Gasteiger partial charge is 0.481 e. The summed E-state index contributed by atoms with van der Waals surface area (Å²) in [5, 5.41) is 9.40. The van der Waals surface area contributed by atoms with Crippen LogP contribution in [0.3, 0.4) is 0 Å². The minimum absolute atomic E-state index is 0.0544. The van der Waals surface area contributed by atoms with Crippen LogP contribution in [0.2, 0.25) is 0 Å². The van der Waals surface area contributed by atoms with Crippen molar-refractivity contribution in [1.82, 2.24) is 4.90 Å². The zero-order valence-electron chi connectivity index (χ0n) is 12.1. The van der Waals surface area contributed by atoms with Gasteiger partial charge in [-0.3, -0.25) is 9.59 Å². The van der Waals surface area contributed by atoms with Crippen molar-refractivity contribution in [2.75, 3.05) is 19.8 Å². The molecule has 1 fully saturated rings. The molecule has 1 rings (SSSR count). The maximum Gasteiger partial charge on any atom is 0.310 e. The molecule has 1 amide bonds. The fraction of sp³-hybridized carbons (Fsp3) is 0.857. The smallest absolute Gasteiger partial charge is 0.310 e. The number of carbonyl (C=O) groups is 2. The predicted molar refractivity (Wildman–Crippen MR) is 71.9 cm³/mol. The molecule has 0 aliphatic carbocycles. The number of aliphatic carboxylic acids is 1. The predicted octanol–water partition coefficient (Wildman–Crippen LogP) is 1.90. The van der Waals surface area contributed by atoms with Crippen molar-refractivity contribution < 1.29 is 19.4 Å². The van der Waals surface area contributed by atoms with E-state index in [1.165, 1.54) is 0 Å². The van der Waals surface area contributed by atoms with Crippen LogP contribution in [0.5, 0.6) is 0 Å². The molecule has 5 heteroatoms. The zero-order chi connectivity index (χ0) is 14.5. The molecule has 1 unspecified atom stereocenters. The number of morpholine rings is 1. The van der Waals surface area contributed by atoms with Crippen LogP contribution < -0.4 is 0 Å². The maximum absolute atomic E-state index is 12.4. The van der Waals surface area contributed by atoms with Gasteiger partial charge in [-0.25, -0.2) is 0 Å². The summed E-state index contributed by atoms with van der Waals surface area (Å²) < 4.78 is 5.37. The summed E-state index contributed by atoms with van der Waals surface area (Å²) in [6.45, 7) is 7.36. The van der Waals surface area contributed by atoms with Crippen molar-refractivity contribution in [3.63, 3.8) is 0 Å². The lowest BCUT2D eigenvalue weighted by Crippen LogP contribution is -2.50. The maximum atomic E-state index is 12.4. The third-order valence-electron chi connectivity index (χ3n) is 4.32. The van der Waals surface area contributed by atoms with E-state index in [0.717, 1.165) is 6.42 Å². The Morgan fingerprint density at radius 2 is 1.95 bits per heavy atom. The van der Waals surface area contributed by atoms with Crippen LogP contribution in [0, 0.1) is 5.41 Å². The van der Waals surface area contributed by atoms with Crippen LogP contribution in [0.4, 0.5) is 0 Å². The topological polar surface area (TPSA) is 66.8 Å². The number of hydrogen-bond acceptors (Lipinski definition) is 3. The van der Waals surface area contributed by atoms with Crippen molar-refractivity contribution in [3.8, 4) is 0 Å². The fourth-order valence-corrected chi connectivity index (χ4v) is 2.59. The van der Waals surface area contributed by atoms with Crippen molar-refractivity contribution in [1.29, 1.82) is 0 Å². The highest BCUT2D eigenvalue weighted by molar-refractivity contribution is 5.85. The van der Waals surface area contributed by atoms with Gasteiger partial charge in [-0.1, -0.05) is 20.8 Å². The van der Waals surface area contributed by atoms with Gasteiger partial charge in [0.25, 0.3) is 0 Å². The first kappa shape index (κ1) is 16.0. The van der Waals surface area contributed by atoms with E-state index in [-0.39, 0.29) is 18.4 Å². The minimum Gasteiger partial charge on any atom is -0.481 e. The average molecular weight is 271 g/mol. The molecule has 5 nitrogen and oxygen atoms in total. The Hall–Kier alpha value is -1.10. The summed E-state index contributed by atoms with van der Waals surface area (Å²) >= 11 is 0. The standard InChI is InChI=1S/C14H25NO4/c1-4-11-10-19-8-7-15(11)12(16)9-14(5-2,6-3)13(17)18/h11H,4-10H2,1-3H3,(H,17,18). The Bertz CT molecular complexity index is 325. The second-order valence-electron chi connectivity index (χ2n) is 5.19. The number of carboxylic acid groups (broad SMARTS) is 1. The Kier molecular flexibility index (Phi) is 5.79. The van der Waals surface area contributed by atoms with Crippen LogP contribution in [0.15, 0.2) is 0 Å². The first-order valence-electron chi connectivity index (χ1n) is 7.11. The lowest BCUT2D eigenvalue weighted by atomic mass is 9.78. The minimum atomic E-state index is -0.923. The SMILES string of the molecule is CCC1COCCN1C(=O)CC(CC)(CC)C(=O)O. The molecule has 0 spiro atoms. The number of nitrogens with zero attached hydrogens (tertiary/aromatic N) is 1. The van der Waals surface area contributed by atoms with E-state index in [2.05, 4.69) is 0 Å². The summed E-state index contributed by atoms with van der Waals surface area (Å²) in [6.07, 6.45) is 1.88. The molecular formula is C14H25NO4. The molecule has 110 valence electrons. The first-order valence-corrected chi connectivity index (χ1v) is 7.11. The van der Waals surface area contributed by atoms with Gasteiger partial charge in [0.2, 0.25) is 5.91 Å². The zero-order valence-corrected chi connectivity index (χ0v) is 12.1. The fourth-order valence-electron chi connectivity index (χ4n) is 2.59. The van der Waals surface area contributed by atoms with Gasteiger partial charge in [0.15, 0.2) is 0 Å². The van der Waals surface area contributed by atoms with Gasteiger partial charge in [0.1, 0.15) is 0 Å². The van der Waals surface area contributed by atoms with E-state index >= 15 is 0 Å². The van der Waals surface area contributed by atoms with E-state index in [1.807, 2.05) is 20.8 Å². The van der Waals surface area contributed by atoms with Crippen LogP contribution >= 0.6 is 0 Å². The van der Waals surface area contributed by atoms with Crippen LogP contribution in [0.25, 0.3) is 0 Å². The first-order chi connectivity index (χ1) is 9.00. The molecule has 1 aliphatic heterocycles. The van der Waals surface area contributed by atoms with Crippen LogP contribution in [-0.2, 0) is 14.3 Å². The molecule has 1 aliphatic rings. The van der Waals surface area contributed by atoms with E-state index < -0.39 is 11.4 Å². The number of carboxylic acids is 1. The van der Waals surface area contributed by atoms with Gasteiger partial charge in [-0.2, -0.15) is 0 Å². The van der Waals surface area contributed by atoms with E-state index in [9.17, 15) is 14.7 Å². The highest BCUT2D eigenvalue weighted by Crippen LogP contribution is 2.32. The van der Waals surface area contributed by atoms with Gasteiger partial charge in [-0.05, 0) is 19.3 Å². The van der Waals surface area contributed by atoms with Crippen molar-refractivity contribution in [3.05, 3.63) is 0 Å². The highest BCUT2D eigenvalue weighted by Gasteiger charge is 2.39. The molecule has 1 saturated heterocycles. The Morgan fingerprint density at radius 3 is 2.42 bits per heavy atom. The van der Waals surface area contributed by atoms with Crippen molar-refractivity contribution in [2.45, 2.75) is 52.5 Å². The van der Waals surface area contributed by atoms with Gasteiger partial charge in [0.05, 0.1) is 24.7 Å². The monoisotopic (exact) mass is 271 g/mol. The van der Waals surface area contributed by atoms with Gasteiger partial charge in [0, 0.05) is 13.0 Å². The lowest BCUT2D eigenvalue weighted by Gasteiger charge is -2.37.